The summed E-state index contributed by atoms with van der Waals surface area (Å²) in [6.07, 6.45) is 1.38. The number of methoxy groups -OCH3 is 1. The van der Waals surface area contributed by atoms with Gasteiger partial charge in [-0.25, -0.2) is 13.2 Å². The molecule has 0 aliphatic carbocycles. The van der Waals surface area contributed by atoms with Crippen molar-refractivity contribution < 1.29 is 37.4 Å². The molecule has 4 atom stereocenters. The summed E-state index contributed by atoms with van der Waals surface area (Å²) >= 11 is 0. The first kappa shape index (κ1) is 25.2. The van der Waals surface area contributed by atoms with Gasteiger partial charge in [-0.3, -0.25) is 19.2 Å². The van der Waals surface area contributed by atoms with Gasteiger partial charge in [-0.1, -0.05) is 0 Å². The molecule has 37 heavy (non-hydrogen) atoms. The lowest BCUT2D eigenvalue weighted by molar-refractivity contribution is -0.253. The van der Waals surface area contributed by atoms with Crippen molar-refractivity contribution in [3.05, 3.63) is 62.8 Å². The molecule has 1 aromatic heterocycles. The summed E-state index contributed by atoms with van der Waals surface area (Å²) in [7, 11) is 1.40. The van der Waals surface area contributed by atoms with E-state index >= 15 is 0 Å². The first-order valence-corrected chi connectivity index (χ1v) is 11.7. The number of hydrogen-bond donors (Lipinski definition) is 2. The van der Waals surface area contributed by atoms with Gasteiger partial charge in [0.05, 0.1) is 12.6 Å². The van der Waals surface area contributed by atoms with E-state index in [1.807, 2.05) is 6.92 Å². The van der Waals surface area contributed by atoms with E-state index in [1.165, 1.54) is 21.6 Å². The summed E-state index contributed by atoms with van der Waals surface area (Å²) in [5.74, 6) is -5.78. The van der Waals surface area contributed by atoms with Crippen LogP contribution in [0, 0.1) is 17.5 Å². The number of carbonyl (C=O) groups excluding carboxylic acids is 2. The maximum absolute atomic E-state index is 14.4. The van der Waals surface area contributed by atoms with Gasteiger partial charge in [0.1, 0.15) is 34.8 Å². The molecule has 1 aromatic carbocycles. The summed E-state index contributed by atoms with van der Waals surface area (Å²) in [5.41, 5.74) is 1.96. The van der Waals surface area contributed by atoms with Crippen molar-refractivity contribution in [2.45, 2.75) is 56.6 Å². The molecule has 4 heterocycles. The Kier molecular flexibility index (Phi) is 6.04. The van der Waals surface area contributed by atoms with Crippen LogP contribution >= 0.6 is 0 Å². The second-order valence-electron chi connectivity index (χ2n) is 9.68. The molecule has 2 bridgehead atoms. The number of fused-ring (bicyclic) bond motifs is 5. The Morgan fingerprint density at radius 3 is 2.57 bits per heavy atom. The fourth-order valence-electron chi connectivity index (χ4n) is 5.61. The van der Waals surface area contributed by atoms with E-state index in [4.69, 9.17) is 15.3 Å². The zero-order valence-electron chi connectivity index (χ0n) is 20.0. The third-order valence-corrected chi connectivity index (χ3v) is 7.60. The molecule has 0 radical (unpaired) electrons. The number of hydroxylamine groups is 2. The maximum Gasteiger partial charge on any atom is 0.274 e. The van der Waals surface area contributed by atoms with E-state index in [0.29, 0.717) is 25.0 Å². The van der Waals surface area contributed by atoms with Gasteiger partial charge in [0.15, 0.2) is 11.4 Å². The predicted molar refractivity (Wildman–Crippen MR) is 121 cm³/mol. The number of pyridine rings is 1. The van der Waals surface area contributed by atoms with Gasteiger partial charge >= 0.3 is 0 Å². The van der Waals surface area contributed by atoms with Crippen molar-refractivity contribution >= 4 is 11.8 Å². The number of hydrogen-bond acceptors (Lipinski definition) is 7. The van der Waals surface area contributed by atoms with Crippen molar-refractivity contribution in [3.63, 3.8) is 0 Å². The van der Waals surface area contributed by atoms with Crippen LogP contribution < -0.4 is 11.2 Å². The highest BCUT2D eigenvalue weighted by molar-refractivity contribution is 5.99. The van der Waals surface area contributed by atoms with Crippen molar-refractivity contribution in [1.29, 1.82) is 0 Å². The minimum Gasteiger partial charge on any atom is -0.503 e. The van der Waals surface area contributed by atoms with Crippen LogP contribution in [0.5, 0.6) is 5.75 Å². The quantitative estimate of drug-likeness (QED) is 0.627. The van der Waals surface area contributed by atoms with E-state index in [2.05, 4.69) is 0 Å². The van der Waals surface area contributed by atoms with Crippen LogP contribution in [0.4, 0.5) is 13.2 Å². The van der Waals surface area contributed by atoms with Crippen LogP contribution in [0.25, 0.3) is 0 Å². The highest BCUT2D eigenvalue weighted by atomic mass is 19.1. The van der Waals surface area contributed by atoms with Gasteiger partial charge in [-0.05, 0) is 19.8 Å². The Balaban J connectivity index is 1.62. The van der Waals surface area contributed by atoms with E-state index in [9.17, 15) is 32.7 Å². The maximum atomic E-state index is 14.4. The topological polar surface area (TPSA) is 127 Å². The molecule has 2 amide bonds. The van der Waals surface area contributed by atoms with E-state index in [1.54, 1.807) is 0 Å². The first-order chi connectivity index (χ1) is 17.5. The van der Waals surface area contributed by atoms with Crippen LogP contribution in [-0.2, 0) is 16.1 Å². The fraction of sp³-hybridized carbons (Fsp3) is 0.458. The number of amides is 2. The zero-order chi connectivity index (χ0) is 26.8. The van der Waals surface area contributed by atoms with Gasteiger partial charge in [-0.15, -0.1) is 0 Å². The minimum atomic E-state index is -1.12. The second-order valence-corrected chi connectivity index (χ2v) is 9.68. The first-order valence-electron chi connectivity index (χ1n) is 11.7. The van der Waals surface area contributed by atoms with Crippen LogP contribution in [0.2, 0.25) is 0 Å². The summed E-state index contributed by atoms with van der Waals surface area (Å²) in [5, 5.41) is 11.9. The highest BCUT2D eigenvalue weighted by Crippen LogP contribution is 2.49. The number of aromatic nitrogens is 1. The van der Waals surface area contributed by atoms with Crippen molar-refractivity contribution in [2.24, 2.45) is 5.73 Å². The molecule has 3 N–H and O–H groups in total. The van der Waals surface area contributed by atoms with Gasteiger partial charge in [-0.2, -0.15) is 5.06 Å². The second kappa shape index (κ2) is 8.85. The third-order valence-electron chi connectivity index (χ3n) is 7.60. The lowest BCUT2D eigenvalue weighted by Crippen LogP contribution is -2.52. The van der Waals surface area contributed by atoms with Gasteiger partial charge in [0.25, 0.3) is 11.8 Å². The normalized spacial score (nSPS) is 27.4. The molecule has 2 fully saturated rings. The van der Waals surface area contributed by atoms with Gasteiger partial charge in [0.2, 0.25) is 5.43 Å². The molecule has 1 unspecified atom stereocenters. The molecule has 13 heteroatoms. The van der Waals surface area contributed by atoms with Crippen molar-refractivity contribution in [3.8, 4) is 5.75 Å². The average molecular weight is 522 g/mol. The van der Waals surface area contributed by atoms with Crippen molar-refractivity contribution in [2.75, 3.05) is 13.7 Å². The minimum absolute atomic E-state index is 0.108. The number of nitrogens with two attached hydrogens (primary N) is 1. The molecular formula is C24H25F3N4O6. The smallest absolute Gasteiger partial charge is 0.274 e. The molecule has 5 rings (SSSR count). The summed E-state index contributed by atoms with van der Waals surface area (Å²) < 4.78 is 49.2. The molecule has 2 aromatic rings. The number of rotatable bonds is 4. The Hall–Kier alpha value is -3.42. The summed E-state index contributed by atoms with van der Waals surface area (Å²) in [6.45, 7) is 1.52. The molecule has 3 aliphatic heterocycles. The Morgan fingerprint density at radius 1 is 1.27 bits per heavy atom. The van der Waals surface area contributed by atoms with Gasteiger partial charge < -0.3 is 25.0 Å². The molecule has 2 saturated heterocycles. The van der Waals surface area contributed by atoms with Gasteiger partial charge in [0, 0.05) is 50.0 Å². The largest absolute Gasteiger partial charge is 0.503 e. The number of nitrogens with zero attached hydrogens (tertiary/aromatic N) is 3. The number of ether oxygens (including phenoxy) is 1. The highest BCUT2D eigenvalue weighted by Gasteiger charge is 2.56. The number of aromatic hydroxyl groups is 1. The Morgan fingerprint density at radius 2 is 1.95 bits per heavy atom. The van der Waals surface area contributed by atoms with Crippen LogP contribution in [0.1, 0.15) is 58.6 Å². The predicted octanol–water partition coefficient (Wildman–Crippen LogP) is 1.80. The van der Waals surface area contributed by atoms with Crippen LogP contribution in [0.15, 0.2) is 23.1 Å². The van der Waals surface area contributed by atoms with E-state index in [0.717, 1.165) is 6.20 Å². The lowest BCUT2D eigenvalue weighted by Gasteiger charge is -2.42. The third kappa shape index (κ3) is 3.88. The Labute approximate surface area is 208 Å². The summed E-state index contributed by atoms with van der Waals surface area (Å²) in [4.78, 5) is 45.7. The molecular weight excluding hydrogens is 497 g/mol. The molecule has 0 saturated carbocycles. The number of halogens is 3. The molecule has 3 aliphatic rings. The van der Waals surface area contributed by atoms with Crippen LogP contribution in [0.3, 0.4) is 0 Å². The summed E-state index contributed by atoms with van der Waals surface area (Å²) in [6, 6.07) is 0.134. The average Bonchev–Trinajstić information content (AvgIpc) is 3.14. The van der Waals surface area contributed by atoms with Crippen molar-refractivity contribution in [1.82, 2.24) is 14.5 Å². The fourth-order valence-corrected chi connectivity index (χ4v) is 5.61. The molecule has 198 valence electrons. The SMILES string of the molecule is COC1C[C@]2(CC[C@@H](C)N3C[C@H]2n2cc(C(N)=O)c(=O)c(O)c2C3=O)ON1Cc1c(F)cc(F)cc1F. The zero-order valence-corrected chi connectivity index (χ0v) is 20.0. The molecule has 1 spiro atoms. The monoisotopic (exact) mass is 522 g/mol. The Bertz CT molecular complexity index is 1340. The number of primary amides is 1. The van der Waals surface area contributed by atoms with E-state index < -0.39 is 76.0 Å². The standard InChI is InChI=1S/C24H25F3N4O6/c1-11-3-4-24(7-18(36-2)31(37-24)9-13-15(26)5-12(25)6-16(13)27)17-10-29(11)23(35)19-21(33)20(32)14(22(28)34)8-30(17)19/h5-6,8,11,17-18,33H,3-4,7,9-10H2,1-2H3,(H2,28,34)/t11-,17-,18?,24+/m1/s1. The number of benzene rings is 1. The molecule has 10 nitrogen and oxygen atoms in total. The van der Waals surface area contributed by atoms with E-state index in [-0.39, 0.29) is 24.7 Å². The van der Waals surface area contributed by atoms with Crippen LogP contribution in [-0.4, -0.2) is 63.0 Å². The number of carbonyl (C=O) groups is 2. The lowest BCUT2D eigenvalue weighted by atomic mass is 9.85.